The van der Waals surface area contributed by atoms with E-state index >= 15 is 0 Å². The van der Waals surface area contributed by atoms with E-state index in [1.807, 2.05) is 20.8 Å². The third-order valence-corrected chi connectivity index (χ3v) is 2.48. The largest absolute Gasteiger partial charge is 0.388 e. The molecule has 0 spiro atoms. The Morgan fingerprint density at radius 3 is 2.68 bits per heavy atom. The first-order valence-corrected chi connectivity index (χ1v) is 6.36. The first-order chi connectivity index (χ1) is 8.79. The second-order valence-corrected chi connectivity index (χ2v) is 5.08. The standard InChI is InChI=1S/C12H19N5OS/c1-7(2)14-10(18)6-17(4)12-15-8(3)5-9(16-12)11(13)19/h5,7H,6H2,1-4H3,(H2,13,19)(H,14,18). The van der Waals surface area contributed by atoms with Gasteiger partial charge in [-0.1, -0.05) is 12.2 Å². The lowest BCUT2D eigenvalue weighted by Gasteiger charge is -2.18. The second kappa shape index (κ2) is 6.42. The third-order valence-electron chi connectivity index (χ3n) is 2.27. The number of aryl methyl sites for hydroxylation is 1. The lowest BCUT2D eigenvalue weighted by atomic mass is 10.3. The fourth-order valence-corrected chi connectivity index (χ4v) is 1.61. The van der Waals surface area contributed by atoms with E-state index in [1.54, 1.807) is 18.0 Å². The van der Waals surface area contributed by atoms with Crippen LogP contribution in [0.15, 0.2) is 6.07 Å². The Morgan fingerprint density at radius 1 is 1.53 bits per heavy atom. The number of aromatic nitrogens is 2. The summed E-state index contributed by atoms with van der Waals surface area (Å²) in [5, 5.41) is 2.81. The summed E-state index contributed by atoms with van der Waals surface area (Å²) in [5.74, 6) is 0.348. The molecule has 0 bridgehead atoms. The minimum atomic E-state index is -0.0838. The minimum Gasteiger partial charge on any atom is -0.388 e. The summed E-state index contributed by atoms with van der Waals surface area (Å²) in [7, 11) is 1.75. The molecule has 3 N–H and O–H groups in total. The smallest absolute Gasteiger partial charge is 0.239 e. The van der Waals surface area contributed by atoms with Gasteiger partial charge in [0.05, 0.1) is 6.54 Å². The van der Waals surface area contributed by atoms with E-state index in [4.69, 9.17) is 18.0 Å². The maximum atomic E-state index is 11.7. The third kappa shape index (κ3) is 4.78. The van der Waals surface area contributed by atoms with Crippen molar-refractivity contribution < 1.29 is 4.79 Å². The Labute approximate surface area is 118 Å². The molecule has 1 heterocycles. The number of thiocarbonyl (C=S) groups is 1. The normalized spacial score (nSPS) is 10.4. The Hall–Kier alpha value is -1.76. The SMILES string of the molecule is Cc1cc(C(N)=S)nc(N(C)CC(=O)NC(C)C)n1. The van der Waals surface area contributed by atoms with Gasteiger partial charge in [-0.15, -0.1) is 0 Å². The summed E-state index contributed by atoms with van der Waals surface area (Å²) in [4.78, 5) is 22.1. The van der Waals surface area contributed by atoms with Crippen molar-refractivity contribution in [3.63, 3.8) is 0 Å². The Kier molecular flexibility index (Phi) is 5.17. The summed E-state index contributed by atoms with van der Waals surface area (Å²) in [6.45, 7) is 5.82. The number of amides is 1. The summed E-state index contributed by atoms with van der Waals surface area (Å²) in [6.07, 6.45) is 0. The summed E-state index contributed by atoms with van der Waals surface area (Å²) < 4.78 is 0. The maximum Gasteiger partial charge on any atom is 0.239 e. The molecule has 6 nitrogen and oxygen atoms in total. The van der Waals surface area contributed by atoms with E-state index in [9.17, 15) is 4.79 Å². The number of anilines is 1. The zero-order valence-corrected chi connectivity index (χ0v) is 12.4. The van der Waals surface area contributed by atoms with Crippen molar-refractivity contribution >= 4 is 29.1 Å². The molecule has 0 atom stereocenters. The van der Waals surface area contributed by atoms with E-state index in [1.165, 1.54) is 0 Å². The molecule has 0 aliphatic heterocycles. The van der Waals surface area contributed by atoms with Crippen LogP contribution in [0.25, 0.3) is 0 Å². The van der Waals surface area contributed by atoms with E-state index in [2.05, 4.69) is 15.3 Å². The van der Waals surface area contributed by atoms with Gasteiger partial charge in [0.2, 0.25) is 11.9 Å². The maximum absolute atomic E-state index is 11.7. The van der Waals surface area contributed by atoms with Crippen LogP contribution >= 0.6 is 12.2 Å². The van der Waals surface area contributed by atoms with Crippen molar-refractivity contribution in [1.29, 1.82) is 0 Å². The summed E-state index contributed by atoms with van der Waals surface area (Å²) >= 11 is 4.90. The van der Waals surface area contributed by atoms with Crippen LogP contribution in [-0.2, 0) is 4.79 Å². The number of carbonyl (C=O) groups excluding carboxylic acids is 1. The molecule has 1 aromatic heterocycles. The Bertz CT molecular complexity index is 489. The number of likely N-dealkylation sites (N-methyl/N-ethyl adjacent to an activating group) is 1. The van der Waals surface area contributed by atoms with Crippen LogP contribution < -0.4 is 16.0 Å². The van der Waals surface area contributed by atoms with E-state index in [-0.39, 0.29) is 23.5 Å². The molecule has 1 rings (SSSR count). The number of carbonyl (C=O) groups is 1. The van der Waals surface area contributed by atoms with Gasteiger partial charge in [0.25, 0.3) is 0 Å². The first kappa shape index (κ1) is 15.3. The number of rotatable bonds is 5. The first-order valence-electron chi connectivity index (χ1n) is 5.95. The molecule has 0 radical (unpaired) electrons. The molecule has 7 heteroatoms. The van der Waals surface area contributed by atoms with Gasteiger partial charge in [0.1, 0.15) is 10.7 Å². The number of nitrogens with one attached hydrogen (secondary N) is 1. The molecule has 0 aromatic carbocycles. The van der Waals surface area contributed by atoms with Crippen LogP contribution in [0, 0.1) is 6.92 Å². The number of hydrogen-bond acceptors (Lipinski definition) is 5. The lowest BCUT2D eigenvalue weighted by molar-refractivity contribution is -0.120. The highest BCUT2D eigenvalue weighted by atomic mass is 32.1. The highest BCUT2D eigenvalue weighted by molar-refractivity contribution is 7.80. The predicted octanol–water partition coefficient (Wildman–Crippen LogP) is 0.380. The molecule has 0 fully saturated rings. The van der Waals surface area contributed by atoms with Crippen LogP contribution in [-0.4, -0.2) is 40.5 Å². The Morgan fingerprint density at radius 2 is 2.16 bits per heavy atom. The molecule has 0 unspecified atom stereocenters. The molecule has 1 amide bonds. The highest BCUT2D eigenvalue weighted by Gasteiger charge is 2.12. The van der Waals surface area contributed by atoms with E-state index in [0.29, 0.717) is 11.6 Å². The second-order valence-electron chi connectivity index (χ2n) is 4.64. The van der Waals surface area contributed by atoms with Crippen molar-refractivity contribution in [2.45, 2.75) is 26.8 Å². The van der Waals surface area contributed by atoms with Crippen LogP contribution in [0.1, 0.15) is 25.2 Å². The quantitative estimate of drug-likeness (QED) is 0.759. The zero-order valence-electron chi connectivity index (χ0n) is 11.6. The monoisotopic (exact) mass is 281 g/mol. The van der Waals surface area contributed by atoms with Gasteiger partial charge in [-0.25, -0.2) is 9.97 Å². The molecule has 19 heavy (non-hydrogen) atoms. The average molecular weight is 281 g/mol. The minimum absolute atomic E-state index is 0.0838. The van der Waals surface area contributed by atoms with Crippen LogP contribution in [0.4, 0.5) is 5.95 Å². The predicted molar refractivity (Wildman–Crippen MR) is 79.2 cm³/mol. The molecular weight excluding hydrogens is 262 g/mol. The summed E-state index contributed by atoms with van der Waals surface area (Å²) in [5.41, 5.74) is 6.82. The van der Waals surface area contributed by atoms with Crippen LogP contribution in [0.3, 0.4) is 0 Å². The van der Waals surface area contributed by atoms with Gasteiger partial charge in [0, 0.05) is 18.8 Å². The Balaban J connectivity index is 2.84. The van der Waals surface area contributed by atoms with Crippen molar-refractivity contribution in [2.24, 2.45) is 5.73 Å². The van der Waals surface area contributed by atoms with E-state index in [0.717, 1.165) is 5.69 Å². The number of nitrogens with two attached hydrogens (primary N) is 1. The molecule has 0 saturated heterocycles. The highest BCUT2D eigenvalue weighted by Crippen LogP contribution is 2.08. The van der Waals surface area contributed by atoms with Gasteiger partial charge in [0.15, 0.2) is 0 Å². The molecule has 104 valence electrons. The fourth-order valence-electron chi connectivity index (χ4n) is 1.50. The van der Waals surface area contributed by atoms with Crippen molar-refractivity contribution in [3.8, 4) is 0 Å². The van der Waals surface area contributed by atoms with Gasteiger partial charge in [-0.05, 0) is 26.8 Å². The fraction of sp³-hybridized carbons (Fsp3) is 0.500. The summed E-state index contributed by atoms with van der Waals surface area (Å²) in [6, 6.07) is 1.82. The van der Waals surface area contributed by atoms with Crippen molar-refractivity contribution in [3.05, 3.63) is 17.5 Å². The van der Waals surface area contributed by atoms with Crippen molar-refractivity contribution in [1.82, 2.24) is 15.3 Å². The van der Waals surface area contributed by atoms with E-state index < -0.39 is 0 Å². The average Bonchev–Trinajstić information content (AvgIpc) is 2.26. The van der Waals surface area contributed by atoms with Gasteiger partial charge in [-0.3, -0.25) is 4.79 Å². The van der Waals surface area contributed by atoms with Crippen LogP contribution in [0.2, 0.25) is 0 Å². The zero-order chi connectivity index (χ0) is 14.6. The number of nitrogens with zero attached hydrogens (tertiary/aromatic N) is 3. The van der Waals surface area contributed by atoms with Crippen molar-refractivity contribution in [2.75, 3.05) is 18.5 Å². The number of hydrogen-bond donors (Lipinski definition) is 2. The van der Waals surface area contributed by atoms with Gasteiger partial charge < -0.3 is 16.0 Å². The lowest BCUT2D eigenvalue weighted by Crippen LogP contribution is -2.39. The molecule has 0 aliphatic carbocycles. The molecular formula is C12H19N5OS. The molecule has 0 aliphatic rings. The van der Waals surface area contributed by atoms with Gasteiger partial charge in [-0.2, -0.15) is 0 Å². The van der Waals surface area contributed by atoms with Crippen LogP contribution in [0.5, 0.6) is 0 Å². The molecule has 1 aromatic rings. The topological polar surface area (TPSA) is 84.1 Å². The molecule has 0 saturated carbocycles. The van der Waals surface area contributed by atoms with Gasteiger partial charge >= 0.3 is 0 Å².